The number of carbonyl (C=O) groups is 2. The maximum absolute atomic E-state index is 11.8. The van der Waals surface area contributed by atoms with E-state index < -0.39 is 0 Å². The zero-order chi connectivity index (χ0) is 12.1. The minimum atomic E-state index is 0.150. The van der Waals surface area contributed by atoms with Crippen molar-refractivity contribution in [3.05, 3.63) is 35.9 Å². The van der Waals surface area contributed by atoms with Crippen molar-refractivity contribution < 1.29 is 9.59 Å². The van der Waals surface area contributed by atoms with E-state index in [1.165, 1.54) is 11.8 Å². The molecule has 1 aliphatic rings. The molecule has 1 saturated heterocycles. The van der Waals surface area contributed by atoms with Gasteiger partial charge in [-0.05, 0) is 6.42 Å². The van der Waals surface area contributed by atoms with Crippen LogP contribution in [0.25, 0.3) is 0 Å². The first-order chi connectivity index (χ1) is 8.27. The number of ketones is 1. The van der Waals surface area contributed by atoms with E-state index in [1.807, 2.05) is 35.2 Å². The van der Waals surface area contributed by atoms with E-state index in [-0.39, 0.29) is 11.0 Å². The molecule has 0 aliphatic carbocycles. The maximum Gasteiger partial charge on any atom is 0.281 e. The first kappa shape index (κ1) is 12.2. The largest absolute Gasteiger partial charge is 0.333 e. The molecule has 4 heteroatoms. The fraction of sp³-hybridized carbons (Fsp3) is 0.385. The highest BCUT2D eigenvalue weighted by molar-refractivity contribution is 8.13. The van der Waals surface area contributed by atoms with Crippen LogP contribution < -0.4 is 0 Å². The fourth-order valence-corrected chi connectivity index (χ4v) is 2.68. The number of rotatable bonds is 5. The van der Waals surface area contributed by atoms with Gasteiger partial charge in [0.05, 0.1) is 0 Å². The lowest BCUT2D eigenvalue weighted by Crippen LogP contribution is -2.24. The Labute approximate surface area is 105 Å². The van der Waals surface area contributed by atoms with Gasteiger partial charge in [-0.1, -0.05) is 42.1 Å². The number of nitrogens with zero attached hydrogens (tertiary/aromatic N) is 1. The Hall–Kier alpha value is -1.29. The predicted molar refractivity (Wildman–Crippen MR) is 69.4 cm³/mol. The summed E-state index contributed by atoms with van der Waals surface area (Å²) in [5.41, 5.74) is 0.759. The first-order valence-electron chi connectivity index (χ1n) is 5.77. The SMILES string of the molecule is O=C(CCCN1CCSC1=O)c1ccccc1. The summed E-state index contributed by atoms with van der Waals surface area (Å²) < 4.78 is 0. The van der Waals surface area contributed by atoms with Crippen molar-refractivity contribution in [2.45, 2.75) is 12.8 Å². The molecule has 1 heterocycles. The van der Waals surface area contributed by atoms with Gasteiger partial charge in [-0.25, -0.2) is 0 Å². The van der Waals surface area contributed by atoms with Gasteiger partial charge in [-0.3, -0.25) is 9.59 Å². The highest BCUT2D eigenvalue weighted by Crippen LogP contribution is 2.17. The fourth-order valence-electron chi connectivity index (χ4n) is 1.83. The van der Waals surface area contributed by atoms with E-state index >= 15 is 0 Å². The maximum atomic E-state index is 11.8. The normalized spacial score (nSPS) is 15.3. The summed E-state index contributed by atoms with van der Waals surface area (Å²) >= 11 is 1.36. The summed E-state index contributed by atoms with van der Waals surface area (Å²) in [5.74, 6) is 1.04. The van der Waals surface area contributed by atoms with Crippen molar-refractivity contribution in [2.75, 3.05) is 18.8 Å². The van der Waals surface area contributed by atoms with Crippen molar-refractivity contribution in [1.82, 2.24) is 4.90 Å². The smallest absolute Gasteiger partial charge is 0.281 e. The summed E-state index contributed by atoms with van der Waals surface area (Å²) in [6, 6.07) is 9.30. The standard InChI is InChI=1S/C13H15NO2S/c15-12(11-5-2-1-3-6-11)7-4-8-14-9-10-17-13(14)16/h1-3,5-6H,4,7-10H2. The lowest BCUT2D eigenvalue weighted by molar-refractivity contribution is 0.0976. The van der Waals surface area contributed by atoms with Crippen LogP contribution in [0.1, 0.15) is 23.2 Å². The molecule has 0 unspecified atom stereocenters. The average Bonchev–Trinajstić information content (AvgIpc) is 2.76. The summed E-state index contributed by atoms with van der Waals surface area (Å²) in [7, 11) is 0. The Bertz CT molecular complexity index is 405. The molecule has 90 valence electrons. The van der Waals surface area contributed by atoms with Crippen LogP contribution in [0, 0.1) is 0 Å². The molecule has 0 N–H and O–H groups in total. The van der Waals surface area contributed by atoms with Crippen LogP contribution in [0.5, 0.6) is 0 Å². The molecule has 2 rings (SSSR count). The Morgan fingerprint density at radius 1 is 1.29 bits per heavy atom. The molecule has 0 saturated carbocycles. The predicted octanol–water partition coefficient (Wildman–Crippen LogP) is 2.82. The molecule has 1 aliphatic heterocycles. The number of thioether (sulfide) groups is 1. The van der Waals surface area contributed by atoms with E-state index in [0.29, 0.717) is 13.0 Å². The van der Waals surface area contributed by atoms with Gasteiger partial charge >= 0.3 is 0 Å². The van der Waals surface area contributed by atoms with Gasteiger partial charge in [0, 0.05) is 30.8 Å². The second kappa shape index (κ2) is 5.87. The number of Topliss-reactive ketones (excluding diaryl/α,β-unsaturated/α-hetero) is 1. The van der Waals surface area contributed by atoms with Crippen LogP contribution >= 0.6 is 11.8 Å². The number of hydrogen-bond acceptors (Lipinski definition) is 3. The van der Waals surface area contributed by atoms with Crippen molar-refractivity contribution in [3.63, 3.8) is 0 Å². The minimum absolute atomic E-state index is 0.150. The zero-order valence-corrected chi connectivity index (χ0v) is 10.4. The molecule has 0 radical (unpaired) electrons. The number of carbonyl (C=O) groups excluding carboxylic acids is 2. The van der Waals surface area contributed by atoms with Crippen molar-refractivity contribution in [3.8, 4) is 0 Å². The molecule has 1 aromatic carbocycles. The van der Waals surface area contributed by atoms with E-state index in [4.69, 9.17) is 0 Å². The summed E-state index contributed by atoms with van der Waals surface area (Å²) in [6.07, 6.45) is 1.26. The van der Waals surface area contributed by atoms with Crippen LogP contribution in [0.2, 0.25) is 0 Å². The first-order valence-corrected chi connectivity index (χ1v) is 6.76. The summed E-state index contributed by atoms with van der Waals surface area (Å²) in [6.45, 7) is 1.52. The van der Waals surface area contributed by atoms with Crippen molar-refractivity contribution >= 4 is 22.8 Å². The van der Waals surface area contributed by atoms with Crippen molar-refractivity contribution in [1.29, 1.82) is 0 Å². The number of hydrogen-bond donors (Lipinski definition) is 0. The van der Waals surface area contributed by atoms with Crippen LogP contribution in [0.3, 0.4) is 0 Å². The van der Waals surface area contributed by atoms with E-state index in [1.54, 1.807) is 0 Å². The van der Waals surface area contributed by atoms with Crippen LogP contribution in [-0.2, 0) is 0 Å². The van der Waals surface area contributed by atoms with Gasteiger partial charge in [-0.2, -0.15) is 0 Å². The highest BCUT2D eigenvalue weighted by Gasteiger charge is 2.20. The molecule has 3 nitrogen and oxygen atoms in total. The molecule has 0 atom stereocenters. The Morgan fingerprint density at radius 2 is 2.06 bits per heavy atom. The van der Waals surface area contributed by atoms with E-state index in [9.17, 15) is 9.59 Å². The molecule has 0 bridgehead atoms. The zero-order valence-electron chi connectivity index (χ0n) is 9.59. The highest BCUT2D eigenvalue weighted by atomic mass is 32.2. The van der Waals surface area contributed by atoms with Gasteiger partial charge < -0.3 is 4.90 Å². The lowest BCUT2D eigenvalue weighted by Gasteiger charge is -2.13. The molecule has 17 heavy (non-hydrogen) atoms. The van der Waals surface area contributed by atoms with Crippen LogP contribution in [0.15, 0.2) is 30.3 Å². The molecular weight excluding hydrogens is 234 g/mol. The second-order valence-electron chi connectivity index (χ2n) is 3.99. The molecule has 0 spiro atoms. The van der Waals surface area contributed by atoms with Gasteiger partial charge in [0.15, 0.2) is 5.78 Å². The molecule has 0 aromatic heterocycles. The van der Waals surface area contributed by atoms with Crippen LogP contribution in [0.4, 0.5) is 4.79 Å². The van der Waals surface area contributed by atoms with Crippen molar-refractivity contribution in [2.24, 2.45) is 0 Å². The third kappa shape index (κ3) is 3.33. The second-order valence-corrected chi connectivity index (χ2v) is 5.04. The molecule has 1 amide bonds. The molecule has 1 fully saturated rings. The van der Waals surface area contributed by atoms with E-state index in [2.05, 4.69) is 0 Å². The minimum Gasteiger partial charge on any atom is -0.333 e. The lowest BCUT2D eigenvalue weighted by atomic mass is 10.1. The Kier molecular flexibility index (Phi) is 4.20. The van der Waals surface area contributed by atoms with E-state index in [0.717, 1.165) is 24.3 Å². The summed E-state index contributed by atoms with van der Waals surface area (Å²) in [4.78, 5) is 24.9. The Morgan fingerprint density at radius 3 is 2.71 bits per heavy atom. The quantitative estimate of drug-likeness (QED) is 0.753. The Balaban J connectivity index is 1.75. The monoisotopic (exact) mass is 249 g/mol. The molecular formula is C13H15NO2S. The van der Waals surface area contributed by atoms with Gasteiger partial charge in [0.25, 0.3) is 5.24 Å². The number of amides is 1. The van der Waals surface area contributed by atoms with Gasteiger partial charge in [0.2, 0.25) is 0 Å². The average molecular weight is 249 g/mol. The summed E-state index contributed by atoms with van der Waals surface area (Å²) in [5, 5.41) is 0.150. The van der Waals surface area contributed by atoms with Gasteiger partial charge in [-0.15, -0.1) is 0 Å². The molecule has 1 aromatic rings. The topological polar surface area (TPSA) is 37.4 Å². The third-order valence-electron chi connectivity index (χ3n) is 2.77. The number of benzene rings is 1. The van der Waals surface area contributed by atoms with Crippen LogP contribution in [-0.4, -0.2) is 34.8 Å². The van der Waals surface area contributed by atoms with Gasteiger partial charge in [0.1, 0.15) is 0 Å². The third-order valence-corrected chi connectivity index (χ3v) is 3.66.